The van der Waals surface area contributed by atoms with E-state index in [0.717, 1.165) is 82.0 Å². The van der Waals surface area contributed by atoms with E-state index in [1.807, 2.05) is 12.1 Å². The van der Waals surface area contributed by atoms with Crippen molar-refractivity contribution in [1.82, 2.24) is 33.6 Å². The topological polar surface area (TPSA) is 66.3 Å². The van der Waals surface area contributed by atoms with Crippen LogP contribution in [-0.2, 0) is 0 Å². The highest BCUT2D eigenvalue weighted by atomic mass is 35.5. The van der Waals surface area contributed by atoms with Crippen molar-refractivity contribution in [1.29, 1.82) is 0 Å². The molecular formula is C62H36ClN7S2. The molecule has 0 aliphatic carbocycles. The van der Waals surface area contributed by atoms with Crippen LogP contribution in [0.2, 0.25) is 5.28 Å². The number of halogens is 1. The van der Waals surface area contributed by atoms with E-state index in [1.165, 1.54) is 52.8 Å². The van der Waals surface area contributed by atoms with Gasteiger partial charge in [-0.1, -0.05) is 146 Å². The maximum atomic E-state index is 6.37. The van der Waals surface area contributed by atoms with Crippen molar-refractivity contribution in [3.8, 4) is 28.7 Å². The zero-order chi connectivity index (χ0) is 47.4. The van der Waals surface area contributed by atoms with Gasteiger partial charge >= 0.3 is 0 Å². The lowest BCUT2D eigenvalue weighted by Gasteiger charge is -2.12. The van der Waals surface area contributed by atoms with E-state index in [2.05, 4.69) is 230 Å². The maximum absolute atomic E-state index is 6.37. The zero-order valence-electron chi connectivity index (χ0n) is 38.1. The highest BCUT2D eigenvalue weighted by Gasteiger charge is 2.22. The first-order chi connectivity index (χ1) is 35.6. The molecule has 0 bridgehead atoms. The predicted octanol–water partition coefficient (Wildman–Crippen LogP) is 17.3. The standard InChI is InChI=1S/C40H24N4S.C22H12ClN3S/c1-6-16-32-27(11-1)28-12-2-7-17-33(28)43(32)26-23-21-25(22-24-26)39-41-37-31-15-5-10-20-36(31)45-38(37)40(42-39)44-34-18-8-3-13-29(34)30-14-4-9-19-35(30)44;23-22-24-19-15-9-3-6-12-18(15)27-20(19)21(25-22)26-16-10-4-1-7-13(16)14-8-2-5-11-17(14)26/h1-24H;1-12H. The van der Waals surface area contributed by atoms with Crippen LogP contribution in [0.5, 0.6) is 0 Å². The highest BCUT2D eigenvalue weighted by molar-refractivity contribution is 7.26. The van der Waals surface area contributed by atoms with Gasteiger partial charge in [0, 0.05) is 63.7 Å². The molecule has 0 atom stereocenters. The zero-order valence-corrected chi connectivity index (χ0v) is 40.5. The Kier molecular flexibility index (Phi) is 9.22. The lowest BCUT2D eigenvalue weighted by atomic mass is 10.1. The lowest BCUT2D eigenvalue weighted by molar-refractivity contribution is 1.08. The van der Waals surface area contributed by atoms with Crippen LogP contribution in [0.3, 0.4) is 0 Å². The van der Waals surface area contributed by atoms with Crippen LogP contribution in [0.25, 0.3) is 135 Å². The van der Waals surface area contributed by atoms with E-state index in [1.54, 1.807) is 22.7 Å². The third kappa shape index (κ3) is 6.21. The second-order valence-electron chi connectivity index (χ2n) is 17.9. The summed E-state index contributed by atoms with van der Waals surface area (Å²) in [5.41, 5.74) is 10.9. The van der Waals surface area contributed by atoms with Gasteiger partial charge in [-0.15, -0.1) is 22.7 Å². The quantitative estimate of drug-likeness (QED) is 0.165. The highest BCUT2D eigenvalue weighted by Crippen LogP contribution is 2.42. The Morgan fingerprint density at radius 1 is 0.306 bits per heavy atom. The summed E-state index contributed by atoms with van der Waals surface area (Å²) in [6.45, 7) is 0. The molecule has 0 saturated heterocycles. The van der Waals surface area contributed by atoms with E-state index in [9.17, 15) is 0 Å². The molecule has 7 heterocycles. The number of rotatable bonds is 4. The van der Waals surface area contributed by atoms with Gasteiger partial charge < -0.3 is 4.57 Å². The molecule has 0 spiro atoms. The Morgan fingerprint density at radius 3 is 1.06 bits per heavy atom. The second kappa shape index (κ2) is 16.2. The first kappa shape index (κ1) is 41.1. The summed E-state index contributed by atoms with van der Waals surface area (Å²) in [5.74, 6) is 2.47. The second-order valence-corrected chi connectivity index (χ2v) is 20.3. The summed E-state index contributed by atoms with van der Waals surface area (Å²) in [7, 11) is 0. The summed E-state index contributed by atoms with van der Waals surface area (Å²) >= 11 is 9.84. The summed E-state index contributed by atoms with van der Waals surface area (Å²) in [6.07, 6.45) is 0. The molecule has 9 aromatic carbocycles. The van der Waals surface area contributed by atoms with E-state index in [0.29, 0.717) is 0 Å². The van der Waals surface area contributed by atoms with E-state index in [4.69, 9.17) is 21.6 Å². The summed E-state index contributed by atoms with van der Waals surface area (Å²) in [4.78, 5) is 19.8. The van der Waals surface area contributed by atoms with Crippen LogP contribution < -0.4 is 0 Å². The SMILES string of the molecule is Clc1nc(-n2c3ccccc3c3ccccc32)c2sc3ccccc3c2n1.c1ccc2c(c1)sc1c(-n3c4ccccc4c4ccccc43)nc(-c3ccc(-n4c5ccccc5c5ccccc54)cc3)nc12. The Hall–Kier alpha value is -8.73. The number of aromatic nitrogens is 7. The Morgan fingerprint density at radius 2 is 0.639 bits per heavy atom. The number of thiophene rings is 2. The van der Waals surface area contributed by atoms with Crippen molar-refractivity contribution in [3.63, 3.8) is 0 Å². The molecule has 7 nitrogen and oxygen atoms in total. The molecule has 0 saturated carbocycles. The Labute approximate surface area is 423 Å². The molecule has 0 fully saturated rings. The summed E-state index contributed by atoms with van der Waals surface area (Å²) in [6, 6.07) is 76.8. The van der Waals surface area contributed by atoms with Gasteiger partial charge in [0.2, 0.25) is 5.28 Å². The van der Waals surface area contributed by atoms with E-state index in [-0.39, 0.29) is 5.28 Å². The fraction of sp³-hybridized carbons (Fsp3) is 0. The molecule has 7 aromatic heterocycles. The van der Waals surface area contributed by atoms with Gasteiger partial charge in [-0.05, 0) is 84.4 Å². The smallest absolute Gasteiger partial charge is 0.225 e. The minimum Gasteiger partial charge on any atom is -0.309 e. The largest absolute Gasteiger partial charge is 0.309 e. The first-order valence-electron chi connectivity index (χ1n) is 23.7. The number of fused-ring (bicyclic) bond motifs is 15. The molecule has 0 amide bonds. The van der Waals surface area contributed by atoms with E-state index < -0.39 is 0 Å². The van der Waals surface area contributed by atoms with Crippen molar-refractivity contribution in [3.05, 3.63) is 224 Å². The van der Waals surface area contributed by atoms with Gasteiger partial charge in [0.1, 0.15) is 0 Å². The number of benzene rings is 9. The first-order valence-corrected chi connectivity index (χ1v) is 25.8. The molecule has 0 unspecified atom stereocenters. The monoisotopic (exact) mass is 977 g/mol. The van der Waals surface area contributed by atoms with Crippen molar-refractivity contribution < 1.29 is 0 Å². The van der Waals surface area contributed by atoms with Crippen molar-refractivity contribution in [2.24, 2.45) is 0 Å². The normalized spacial score (nSPS) is 12.0. The molecular weight excluding hydrogens is 942 g/mol. The van der Waals surface area contributed by atoms with Gasteiger partial charge in [0.25, 0.3) is 0 Å². The molecule has 16 aromatic rings. The number of hydrogen-bond acceptors (Lipinski definition) is 6. The fourth-order valence-electron chi connectivity index (χ4n) is 10.8. The van der Waals surface area contributed by atoms with Crippen LogP contribution in [0.15, 0.2) is 218 Å². The number of hydrogen-bond donors (Lipinski definition) is 0. The van der Waals surface area contributed by atoms with Gasteiger partial charge in [0.15, 0.2) is 17.5 Å². The van der Waals surface area contributed by atoms with Gasteiger partial charge in [-0.3, -0.25) is 9.13 Å². The minimum atomic E-state index is 0.267. The number of para-hydroxylation sites is 6. The van der Waals surface area contributed by atoms with Crippen LogP contribution >= 0.6 is 34.3 Å². The van der Waals surface area contributed by atoms with Crippen LogP contribution in [0, 0.1) is 0 Å². The van der Waals surface area contributed by atoms with Crippen LogP contribution in [0.4, 0.5) is 0 Å². The van der Waals surface area contributed by atoms with Gasteiger partial charge in [-0.25, -0.2) is 15.0 Å². The average molecular weight is 979 g/mol. The number of nitrogens with zero attached hydrogens (tertiary/aromatic N) is 7. The Balaban J connectivity index is 0.000000146. The Bertz CT molecular complexity index is 4690. The van der Waals surface area contributed by atoms with Crippen molar-refractivity contribution in [2.45, 2.75) is 0 Å². The summed E-state index contributed by atoms with van der Waals surface area (Å²) in [5, 5.41) is 9.90. The van der Waals surface area contributed by atoms with Gasteiger partial charge in [-0.2, -0.15) is 4.98 Å². The average Bonchev–Trinajstić information content (AvgIpc) is 4.25. The molecule has 0 N–H and O–H groups in total. The van der Waals surface area contributed by atoms with Crippen molar-refractivity contribution in [2.75, 3.05) is 0 Å². The minimum absolute atomic E-state index is 0.267. The third-order valence-corrected chi connectivity index (χ3v) is 16.4. The molecule has 10 heteroatoms. The molecule has 0 aliphatic heterocycles. The molecule has 72 heavy (non-hydrogen) atoms. The molecule has 16 rings (SSSR count). The van der Waals surface area contributed by atoms with Gasteiger partial charge in [0.05, 0.1) is 53.5 Å². The van der Waals surface area contributed by atoms with Crippen LogP contribution in [-0.4, -0.2) is 33.6 Å². The summed E-state index contributed by atoms with van der Waals surface area (Å²) < 4.78 is 11.4. The third-order valence-electron chi connectivity index (χ3n) is 13.9. The lowest BCUT2D eigenvalue weighted by Crippen LogP contribution is -2.01. The maximum Gasteiger partial charge on any atom is 0.225 e. The molecule has 0 aliphatic rings. The molecule has 338 valence electrons. The van der Waals surface area contributed by atoms with Crippen molar-refractivity contribution >= 4 is 140 Å². The predicted molar refractivity (Wildman–Crippen MR) is 303 cm³/mol. The van der Waals surface area contributed by atoms with E-state index >= 15 is 0 Å². The van der Waals surface area contributed by atoms with Crippen LogP contribution in [0.1, 0.15) is 0 Å². The fourth-order valence-corrected chi connectivity index (χ4v) is 13.2. The molecule has 0 radical (unpaired) electrons.